The van der Waals surface area contributed by atoms with Gasteiger partial charge in [-0.25, -0.2) is 9.78 Å². The Morgan fingerprint density at radius 2 is 2.33 bits per heavy atom. The third-order valence-corrected chi connectivity index (χ3v) is 2.52. The van der Waals surface area contributed by atoms with E-state index in [1.807, 2.05) is 13.2 Å². The maximum atomic E-state index is 11.0. The van der Waals surface area contributed by atoms with Crippen molar-refractivity contribution < 1.29 is 9.90 Å². The molecule has 2 heterocycles. The van der Waals surface area contributed by atoms with Crippen molar-refractivity contribution in [2.75, 3.05) is 5.32 Å². The van der Waals surface area contributed by atoms with Crippen molar-refractivity contribution in [3.63, 3.8) is 0 Å². The van der Waals surface area contributed by atoms with E-state index in [9.17, 15) is 4.79 Å². The predicted molar refractivity (Wildman–Crippen MR) is 66.7 cm³/mol. The third-order valence-electron chi connectivity index (χ3n) is 2.31. The number of anilines is 1. The summed E-state index contributed by atoms with van der Waals surface area (Å²) in [5, 5.41) is 16.2. The smallest absolute Gasteiger partial charge is 0.339 e. The summed E-state index contributed by atoms with van der Waals surface area (Å²) in [7, 11) is 1.81. The molecule has 0 amide bonds. The van der Waals surface area contributed by atoms with Gasteiger partial charge in [0.1, 0.15) is 16.5 Å². The number of hydrogen-bond donors (Lipinski definition) is 2. The van der Waals surface area contributed by atoms with Crippen LogP contribution in [0, 0.1) is 0 Å². The number of rotatable bonds is 4. The lowest BCUT2D eigenvalue weighted by atomic mass is 10.2. The number of aryl methyl sites for hydroxylation is 1. The molecule has 2 aromatic heterocycles. The zero-order chi connectivity index (χ0) is 13.1. The van der Waals surface area contributed by atoms with Crippen LogP contribution in [-0.4, -0.2) is 25.8 Å². The number of aromatic nitrogens is 3. The van der Waals surface area contributed by atoms with E-state index in [0.29, 0.717) is 6.54 Å². The molecule has 0 fully saturated rings. The lowest BCUT2D eigenvalue weighted by Gasteiger charge is -2.07. The summed E-state index contributed by atoms with van der Waals surface area (Å²) in [6, 6.07) is 2.86. The quantitative estimate of drug-likeness (QED) is 0.825. The first-order valence-electron chi connectivity index (χ1n) is 5.17. The molecule has 0 atom stereocenters. The van der Waals surface area contributed by atoms with Crippen LogP contribution in [0.2, 0.25) is 5.15 Å². The van der Waals surface area contributed by atoms with Crippen LogP contribution in [0.5, 0.6) is 0 Å². The van der Waals surface area contributed by atoms with Crippen molar-refractivity contribution in [2.45, 2.75) is 6.54 Å². The molecule has 94 valence electrons. The molecule has 18 heavy (non-hydrogen) atoms. The van der Waals surface area contributed by atoms with E-state index >= 15 is 0 Å². The fourth-order valence-corrected chi connectivity index (χ4v) is 1.64. The van der Waals surface area contributed by atoms with E-state index in [2.05, 4.69) is 15.4 Å². The molecule has 0 spiro atoms. The molecule has 2 rings (SSSR count). The van der Waals surface area contributed by atoms with E-state index in [1.54, 1.807) is 10.9 Å². The number of pyridine rings is 1. The Labute approximate surface area is 108 Å². The van der Waals surface area contributed by atoms with Gasteiger partial charge in [-0.3, -0.25) is 4.68 Å². The van der Waals surface area contributed by atoms with Crippen molar-refractivity contribution in [3.05, 3.63) is 40.8 Å². The number of carboxylic acid groups (broad SMARTS) is 1. The highest BCUT2D eigenvalue weighted by molar-refractivity contribution is 6.29. The second kappa shape index (κ2) is 5.05. The van der Waals surface area contributed by atoms with Gasteiger partial charge in [-0.1, -0.05) is 11.6 Å². The minimum atomic E-state index is -1.05. The highest BCUT2D eigenvalue weighted by Crippen LogP contribution is 2.17. The molecule has 0 unspecified atom stereocenters. The first-order valence-corrected chi connectivity index (χ1v) is 5.55. The molecule has 6 nitrogen and oxygen atoms in total. The van der Waals surface area contributed by atoms with Gasteiger partial charge in [-0.2, -0.15) is 5.10 Å². The van der Waals surface area contributed by atoms with Crippen molar-refractivity contribution in [3.8, 4) is 0 Å². The zero-order valence-electron chi connectivity index (χ0n) is 9.59. The highest BCUT2D eigenvalue weighted by Gasteiger charge is 2.11. The summed E-state index contributed by atoms with van der Waals surface area (Å²) >= 11 is 5.75. The van der Waals surface area contributed by atoms with Crippen LogP contribution in [0.3, 0.4) is 0 Å². The topological polar surface area (TPSA) is 80.0 Å². The van der Waals surface area contributed by atoms with Crippen LogP contribution in [0.15, 0.2) is 24.5 Å². The highest BCUT2D eigenvalue weighted by atomic mass is 35.5. The van der Waals surface area contributed by atoms with Crippen LogP contribution in [0.25, 0.3) is 0 Å². The molecular formula is C11H11ClN4O2. The first kappa shape index (κ1) is 12.4. The van der Waals surface area contributed by atoms with Gasteiger partial charge in [-0.05, 0) is 12.1 Å². The second-order valence-electron chi connectivity index (χ2n) is 3.71. The van der Waals surface area contributed by atoms with Gasteiger partial charge in [0.25, 0.3) is 0 Å². The van der Waals surface area contributed by atoms with Crippen molar-refractivity contribution >= 4 is 23.4 Å². The van der Waals surface area contributed by atoms with Crippen LogP contribution in [-0.2, 0) is 13.6 Å². The summed E-state index contributed by atoms with van der Waals surface area (Å²) in [5.74, 6) is -0.799. The molecule has 0 saturated carbocycles. The summed E-state index contributed by atoms with van der Waals surface area (Å²) in [6.07, 6.45) is 3.52. The van der Waals surface area contributed by atoms with Gasteiger partial charge in [0.15, 0.2) is 0 Å². The number of hydrogen-bond acceptors (Lipinski definition) is 4. The van der Waals surface area contributed by atoms with Crippen LogP contribution in [0.4, 0.5) is 5.82 Å². The molecule has 0 aromatic carbocycles. The Balaban J connectivity index is 2.17. The van der Waals surface area contributed by atoms with E-state index < -0.39 is 5.97 Å². The Hall–Kier alpha value is -2.08. The largest absolute Gasteiger partial charge is 0.478 e. The molecule has 0 aliphatic rings. The summed E-state index contributed by atoms with van der Waals surface area (Å²) in [5.41, 5.74) is 1.01. The number of aromatic carboxylic acids is 1. The maximum absolute atomic E-state index is 11.0. The molecule has 2 aromatic rings. The molecule has 0 bridgehead atoms. The van der Waals surface area contributed by atoms with Crippen molar-refractivity contribution in [1.82, 2.24) is 14.8 Å². The van der Waals surface area contributed by atoms with Gasteiger partial charge in [0, 0.05) is 25.4 Å². The molecule has 0 saturated heterocycles. The summed E-state index contributed by atoms with van der Waals surface area (Å²) in [4.78, 5) is 15.0. The average molecular weight is 267 g/mol. The summed E-state index contributed by atoms with van der Waals surface area (Å²) in [6.45, 7) is 0.432. The third kappa shape index (κ3) is 2.78. The Kier molecular flexibility index (Phi) is 3.47. The van der Waals surface area contributed by atoms with Gasteiger partial charge < -0.3 is 10.4 Å². The Morgan fingerprint density at radius 3 is 2.94 bits per heavy atom. The van der Waals surface area contributed by atoms with E-state index in [4.69, 9.17) is 16.7 Å². The number of carbonyl (C=O) groups is 1. The van der Waals surface area contributed by atoms with E-state index in [1.165, 1.54) is 12.1 Å². The second-order valence-corrected chi connectivity index (χ2v) is 4.10. The Bertz CT molecular complexity index is 582. The average Bonchev–Trinajstić information content (AvgIpc) is 2.72. The number of carboxylic acids is 1. The normalized spacial score (nSPS) is 10.3. The molecule has 2 N–H and O–H groups in total. The van der Waals surface area contributed by atoms with Gasteiger partial charge in [0.05, 0.1) is 6.20 Å². The SMILES string of the molecule is Cn1cc(CNc2nc(Cl)ccc2C(=O)O)cn1. The number of nitrogens with one attached hydrogen (secondary N) is 1. The van der Waals surface area contributed by atoms with Crippen molar-refractivity contribution in [1.29, 1.82) is 0 Å². The van der Waals surface area contributed by atoms with Crippen molar-refractivity contribution in [2.24, 2.45) is 7.05 Å². The fourth-order valence-electron chi connectivity index (χ4n) is 1.49. The maximum Gasteiger partial charge on any atom is 0.339 e. The lowest BCUT2D eigenvalue weighted by molar-refractivity contribution is 0.0697. The standard InChI is InChI=1S/C11H11ClN4O2/c1-16-6-7(5-14-16)4-13-10-8(11(17)18)2-3-9(12)15-10/h2-3,5-6H,4H2,1H3,(H,13,15)(H,17,18). The number of halogens is 1. The minimum Gasteiger partial charge on any atom is -0.478 e. The zero-order valence-corrected chi connectivity index (χ0v) is 10.3. The minimum absolute atomic E-state index is 0.0864. The van der Waals surface area contributed by atoms with Crippen LogP contribution in [0.1, 0.15) is 15.9 Å². The van der Waals surface area contributed by atoms with E-state index in [0.717, 1.165) is 5.56 Å². The van der Waals surface area contributed by atoms with Gasteiger partial charge >= 0.3 is 5.97 Å². The monoisotopic (exact) mass is 266 g/mol. The first-order chi connectivity index (χ1) is 8.56. The molecule has 0 aliphatic heterocycles. The van der Waals surface area contributed by atoms with Crippen LogP contribution >= 0.6 is 11.6 Å². The van der Waals surface area contributed by atoms with Crippen LogP contribution < -0.4 is 5.32 Å². The molecule has 0 aliphatic carbocycles. The number of nitrogens with zero attached hydrogens (tertiary/aromatic N) is 3. The molecular weight excluding hydrogens is 256 g/mol. The Morgan fingerprint density at radius 1 is 1.56 bits per heavy atom. The predicted octanol–water partition coefficient (Wildman–Crippen LogP) is 1.78. The molecule has 7 heteroatoms. The van der Waals surface area contributed by atoms with Gasteiger partial charge in [-0.15, -0.1) is 0 Å². The molecule has 0 radical (unpaired) electrons. The summed E-state index contributed by atoms with van der Waals surface area (Å²) < 4.78 is 1.67. The fraction of sp³-hybridized carbons (Fsp3) is 0.182. The van der Waals surface area contributed by atoms with E-state index in [-0.39, 0.29) is 16.5 Å². The van der Waals surface area contributed by atoms with Gasteiger partial charge in [0.2, 0.25) is 0 Å². The lowest BCUT2D eigenvalue weighted by Crippen LogP contribution is -2.08.